The molecule has 258 valence electrons. The van der Waals surface area contributed by atoms with E-state index < -0.39 is 77.4 Å². The van der Waals surface area contributed by atoms with E-state index in [-0.39, 0.29) is 12.8 Å². The summed E-state index contributed by atoms with van der Waals surface area (Å²) in [5.41, 5.74) is -0.919. The molecule has 1 aliphatic heterocycles. The Kier molecular flexibility index (Phi) is 13.2. The number of carbonyl (C=O) groups is 4. The van der Waals surface area contributed by atoms with Gasteiger partial charge in [0.15, 0.2) is 6.10 Å². The number of unbranched alkanes of at least 4 members (excludes halogenated alkanes) is 6. The second-order valence-electron chi connectivity index (χ2n) is 13.4. The van der Waals surface area contributed by atoms with E-state index in [0.29, 0.717) is 18.4 Å². The van der Waals surface area contributed by atoms with Crippen molar-refractivity contribution in [1.82, 2.24) is 0 Å². The fourth-order valence-electron chi connectivity index (χ4n) is 7.73. The minimum atomic E-state index is -1.45. The van der Waals surface area contributed by atoms with Gasteiger partial charge in [-0.3, -0.25) is 23.9 Å². The van der Waals surface area contributed by atoms with Gasteiger partial charge >= 0.3 is 23.9 Å². The average Bonchev–Trinajstić information content (AvgIpc) is 3.26. The first-order valence-corrected chi connectivity index (χ1v) is 16.8. The Balaban J connectivity index is 2.15. The monoisotopic (exact) mass is 646 g/mol. The van der Waals surface area contributed by atoms with E-state index in [9.17, 15) is 24.3 Å². The van der Waals surface area contributed by atoms with Crippen LogP contribution >= 0.6 is 0 Å². The standard InChI is InChI=1S/C36H54O10/c1-9-11-12-13-14-15-16-17-30(41)45-31-23(4)35(8,19-18-22(3)10-2)29-21-27(40)20-28-33(43-25(6)38)46-34(44-26(7)39)36(28,29)32(31)42-24(5)37/h10,18,20,23,27,29,31-34,40H,2,9,11-17,19,21H2,1,3-8H3/b22-18-/t23-,27+,29+,31-,32?,33+,34-,35-,36?/m1/s1. The molecular weight excluding hydrogens is 592 g/mol. The Bertz CT molecular complexity index is 1190. The third-order valence-corrected chi connectivity index (χ3v) is 10.2. The van der Waals surface area contributed by atoms with Gasteiger partial charge in [0.1, 0.15) is 11.5 Å². The van der Waals surface area contributed by atoms with Gasteiger partial charge in [-0.2, -0.15) is 0 Å². The van der Waals surface area contributed by atoms with E-state index in [2.05, 4.69) is 13.5 Å². The lowest BCUT2D eigenvalue weighted by Crippen LogP contribution is -2.69. The van der Waals surface area contributed by atoms with Crippen molar-refractivity contribution in [2.24, 2.45) is 22.7 Å². The van der Waals surface area contributed by atoms with Crippen LogP contribution in [0.2, 0.25) is 0 Å². The van der Waals surface area contributed by atoms with Crippen LogP contribution in [-0.4, -0.2) is 59.9 Å². The van der Waals surface area contributed by atoms with Crippen molar-refractivity contribution in [2.45, 2.75) is 144 Å². The maximum absolute atomic E-state index is 13.5. The molecule has 1 heterocycles. The highest BCUT2D eigenvalue weighted by molar-refractivity contribution is 5.70. The molecule has 10 nitrogen and oxygen atoms in total. The zero-order valence-electron chi connectivity index (χ0n) is 28.7. The number of hydrogen-bond acceptors (Lipinski definition) is 10. The summed E-state index contributed by atoms with van der Waals surface area (Å²) in [7, 11) is 0. The number of hydrogen-bond donors (Lipinski definition) is 1. The molecule has 0 radical (unpaired) electrons. The van der Waals surface area contributed by atoms with Crippen LogP contribution in [0.1, 0.15) is 113 Å². The van der Waals surface area contributed by atoms with E-state index in [0.717, 1.165) is 24.8 Å². The molecule has 1 N–H and O–H groups in total. The molecule has 9 atom stereocenters. The molecule has 0 amide bonds. The Morgan fingerprint density at radius 3 is 2.15 bits per heavy atom. The topological polar surface area (TPSA) is 135 Å². The van der Waals surface area contributed by atoms with Gasteiger partial charge in [-0.1, -0.05) is 83.6 Å². The lowest BCUT2D eigenvalue weighted by atomic mass is 9.44. The fraction of sp³-hybridized carbons (Fsp3) is 0.722. The first-order valence-electron chi connectivity index (χ1n) is 16.8. The van der Waals surface area contributed by atoms with Gasteiger partial charge in [0.25, 0.3) is 0 Å². The molecule has 0 bridgehead atoms. The van der Waals surface area contributed by atoms with Gasteiger partial charge in [0, 0.05) is 38.7 Å². The largest absolute Gasteiger partial charge is 0.458 e. The Labute approximate surface area is 273 Å². The molecule has 1 saturated heterocycles. The van der Waals surface area contributed by atoms with Crippen molar-refractivity contribution >= 4 is 23.9 Å². The molecule has 2 unspecified atom stereocenters. The lowest BCUT2D eigenvalue weighted by molar-refractivity contribution is -0.279. The molecule has 0 aromatic carbocycles. The highest BCUT2D eigenvalue weighted by Gasteiger charge is 2.75. The van der Waals surface area contributed by atoms with E-state index in [1.165, 1.54) is 46.1 Å². The van der Waals surface area contributed by atoms with Gasteiger partial charge in [0.2, 0.25) is 12.6 Å². The number of aliphatic hydroxyl groups excluding tert-OH is 1. The number of rotatable bonds is 15. The van der Waals surface area contributed by atoms with E-state index in [1.807, 2.05) is 26.8 Å². The molecule has 1 saturated carbocycles. The SMILES string of the molecule is C=C/C(C)=C\C[C@]1(C)[C@H](C)[C@@H](OC(=O)CCCCCCCCC)C(OC(C)=O)C23C(=C[C@H](O)C[C@H]21)[C@@H](OC(C)=O)O[C@H]3OC(C)=O. The molecule has 10 heteroatoms. The average molecular weight is 647 g/mol. The number of aliphatic hydroxyl groups is 1. The predicted molar refractivity (Wildman–Crippen MR) is 171 cm³/mol. The molecule has 2 fully saturated rings. The summed E-state index contributed by atoms with van der Waals surface area (Å²) in [5.74, 6) is -3.29. The zero-order valence-corrected chi connectivity index (χ0v) is 28.7. The van der Waals surface area contributed by atoms with Crippen molar-refractivity contribution in [3.63, 3.8) is 0 Å². The van der Waals surface area contributed by atoms with Crippen LogP contribution in [0.25, 0.3) is 0 Å². The van der Waals surface area contributed by atoms with Crippen LogP contribution in [-0.2, 0) is 42.9 Å². The molecular formula is C36H54O10. The van der Waals surface area contributed by atoms with Crippen LogP contribution in [0, 0.1) is 22.7 Å². The zero-order chi connectivity index (χ0) is 34.2. The number of carbonyl (C=O) groups excluding carboxylic acids is 4. The smallest absolute Gasteiger partial charge is 0.306 e. The van der Waals surface area contributed by atoms with Gasteiger partial charge in [-0.15, -0.1) is 0 Å². The normalized spacial score (nSPS) is 33.6. The van der Waals surface area contributed by atoms with Crippen molar-refractivity contribution < 1.29 is 48.0 Å². The molecule has 0 aromatic rings. The molecule has 3 rings (SSSR count). The minimum absolute atomic E-state index is 0.202. The Morgan fingerprint density at radius 2 is 1.57 bits per heavy atom. The molecule has 0 aromatic heterocycles. The van der Waals surface area contributed by atoms with E-state index >= 15 is 0 Å². The molecule has 1 spiro atoms. The first-order chi connectivity index (χ1) is 21.7. The first kappa shape index (κ1) is 37.5. The van der Waals surface area contributed by atoms with Crippen LogP contribution < -0.4 is 0 Å². The summed E-state index contributed by atoms with van der Waals surface area (Å²) in [5, 5.41) is 11.2. The minimum Gasteiger partial charge on any atom is -0.458 e. The fourth-order valence-corrected chi connectivity index (χ4v) is 7.73. The van der Waals surface area contributed by atoms with E-state index in [4.69, 9.17) is 23.7 Å². The highest BCUT2D eigenvalue weighted by Crippen LogP contribution is 2.68. The highest BCUT2D eigenvalue weighted by atomic mass is 16.8. The van der Waals surface area contributed by atoms with E-state index in [1.54, 1.807) is 6.08 Å². The summed E-state index contributed by atoms with van der Waals surface area (Å²) in [6.07, 6.45) is 7.65. The lowest BCUT2D eigenvalue weighted by Gasteiger charge is -2.62. The van der Waals surface area contributed by atoms with Crippen LogP contribution in [0.4, 0.5) is 0 Å². The third kappa shape index (κ3) is 8.11. The second-order valence-corrected chi connectivity index (χ2v) is 13.4. The number of allylic oxidation sites excluding steroid dienone is 3. The number of ether oxygens (including phenoxy) is 5. The van der Waals surface area contributed by atoms with Crippen LogP contribution in [0.5, 0.6) is 0 Å². The Morgan fingerprint density at radius 1 is 0.957 bits per heavy atom. The summed E-state index contributed by atoms with van der Waals surface area (Å²) >= 11 is 0. The summed E-state index contributed by atoms with van der Waals surface area (Å²) < 4.78 is 29.9. The van der Waals surface area contributed by atoms with Gasteiger partial charge in [0.05, 0.1) is 6.10 Å². The van der Waals surface area contributed by atoms with Crippen molar-refractivity contribution in [1.29, 1.82) is 0 Å². The molecule has 3 aliphatic rings. The second kappa shape index (κ2) is 16.2. The van der Waals surface area contributed by atoms with Gasteiger partial charge in [-0.25, -0.2) is 0 Å². The Hall–Kier alpha value is -2.98. The summed E-state index contributed by atoms with van der Waals surface area (Å²) in [4.78, 5) is 51.1. The molecule has 2 aliphatic carbocycles. The quantitative estimate of drug-likeness (QED) is 0.0715. The van der Waals surface area contributed by atoms with Crippen molar-refractivity contribution in [3.8, 4) is 0 Å². The maximum Gasteiger partial charge on any atom is 0.306 e. The van der Waals surface area contributed by atoms with Crippen LogP contribution in [0.3, 0.4) is 0 Å². The van der Waals surface area contributed by atoms with Crippen molar-refractivity contribution in [3.05, 3.63) is 36.0 Å². The molecule has 46 heavy (non-hydrogen) atoms. The van der Waals surface area contributed by atoms with Gasteiger partial charge in [-0.05, 0) is 43.6 Å². The summed E-state index contributed by atoms with van der Waals surface area (Å²) in [6, 6.07) is 0. The predicted octanol–water partition coefficient (Wildman–Crippen LogP) is 6.25. The number of esters is 4. The van der Waals surface area contributed by atoms with Crippen molar-refractivity contribution in [2.75, 3.05) is 0 Å². The summed E-state index contributed by atoms with van der Waals surface area (Å²) in [6.45, 7) is 15.7. The third-order valence-electron chi connectivity index (χ3n) is 10.2. The maximum atomic E-state index is 13.5. The van der Waals surface area contributed by atoms with Crippen LogP contribution in [0.15, 0.2) is 36.0 Å². The van der Waals surface area contributed by atoms with Gasteiger partial charge < -0.3 is 24.1 Å².